The van der Waals surface area contributed by atoms with E-state index in [1.54, 1.807) is 0 Å². The summed E-state index contributed by atoms with van der Waals surface area (Å²) < 4.78 is 0. The van der Waals surface area contributed by atoms with Crippen molar-refractivity contribution < 1.29 is 0 Å². The van der Waals surface area contributed by atoms with Crippen LogP contribution in [0, 0.1) is 11.3 Å². The van der Waals surface area contributed by atoms with E-state index in [0.717, 1.165) is 17.6 Å². The fourth-order valence-corrected chi connectivity index (χ4v) is 2.75. The van der Waals surface area contributed by atoms with Crippen LogP contribution in [0.4, 0.5) is 0 Å². The van der Waals surface area contributed by atoms with Crippen LogP contribution in [-0.2, 0) is 13.0 Å². The summed E-state index contributed by atoms with van der Waals surface area (Å²) in [5.74, 6) is 0. The van der Waals surface area contributed by atoms with Crippen molar-refractivity contribution in [3.8, 4) is 6.07 Å². The Balaban J connectivity index is 1.88. The molecule has 92 valence electrons. The molecule has 2 aromatic rings. The third-order valence-electron chi connectivity index (χ3n) is 3.71. The van der Waals surface area contributed by atoms with E-state index >= 15 is 0 Å². The van der Waals surface area contributed by atoms with Gasteiger partial charge in [0.2, 0.25) is 0 Å². The Labute approximate surface area is 107 Å². The molecule has 0 atom stereocenters. The molecule has 1 N–H and O–H groups in total. The van der Waals surface area contributed by atoms with E-state index < -0.39 is 0 Å². The lowest BCUT2D eigenvalue weighted by Crippen LogP contribution is -2.18. The van der Waals surface area contributed by atoms with Gasteiger partial charge in [-0.3, -0.25) is 4.90 Å². The predicted octanol–water partition coefficient (Wildman–Crippen LogP) is 2.83. The number of hydrogen-bond donors (Lipinski definition) is 1. The average molecular weight is 239 g/mol. The van der Waals surface area contributed by atoms with Crippen molar-refractivity contribution in [2.24, 2.45) is 0 Å². The molecule has 1 aliphatic rings. The number of H-pyrrole nitrogens is 1. The van der Waals surface area contributed by atoms with Crippen LogP contribution in [0.1, 0.15) is 24.0 Å². The number of fused-ring (bicyclic) bond motifs is 1. The van der Waals surface area contributed by atoms with Crippen LogP contribution < -0.4 is 0 Å². The zero-order valence-electron chi connectivity index (χ0n) is 10.4. The maximum atomic E-state index is 8.82. The minimum atomic E-state index is 0.479. The molecule has 18 heavy (non-hydrogen) atoms. The first-order chi connectivity index (χ1) is 8.86. The SMILES string of the molecule is N#CCc1c[nH]c2ccc(CN3CCCC3)cc12. The first kappa shape index (κ1) is 11.3. The molecule has 1 aromatic carbocycles. The number of aromatic amines is 1. The molecule has 0 saturated carbocycles. The summed E-state index contributed by atoms with van der Waals surface area (Å²) >= 11 is 0. The van der Waals surface area contributed by atoms with Crippen LogP contribution in [-0.4, -0.2) is 23.0 Å². The van der Waals surface area contributed by atoms with Crippen molar-refractivity contribution in [3.05, 3.63) is 35.5 Å². The number of hydrogen-bond acceptors (Lipinski definition) is 2. The molecule has 3 nitrogen and oxygen atoms in total. The first-order valence-corrected chi connectivity index (χ1v) is 6.55. The summed E-state index contributed by atoms with van der Waals surface area (Å²) in [7, 11) is 0. The molecule has 1 aromatic heterocycles. The summed E-state index contributed by atoms with van der Waals surface area (Å²) in [6, 6.07) is 8.77. The molecule has 0 aliphatic carbocycles. The number of rotatable bonds is 3. The average Bonchev–Trinajstić information content (AvgIpc) is 3.00. The van der Waals surface area contributed by atoms with Crippen molar-refractivity contribution in [1.82, 2.24) is 9.88 Å². The quantitative estimate of drug-likeness (QED) is 0.895. The van der Waals surface area contributed by atoms with Crippen molar-refractivity contribution in [2.45, 2.75) is 25.8 Å². The molecule has 2 heterocycles. The highest BCUT2D eigenvalue weighted by Gasteiger charge is 2.12. The molecule has 1 fully saturated rings. The van der Waals surface area contributed by atoms with Crippen LogP contribution in [0.5, 0.6) is 0 Å². The van der Waals surface area contributed by atoms with Gasteiger partial charge in [0.15, 0.2) is 0 Å². The topological polar surface area (TPSA) is 42.8 Å². The van der Waals surface area contributed by atoms with Gasteiger partial charge in [-0.1, -0.05) is 6.07 Å². The molecule has 1 aliphatic heterocycles. The molecule has 0 radical (unpaired) electrons. The van der Waals surface area contributed by atoms with Crippen molar-refractivity contribution in [1.29, 1.82) is 5.26 Å². The Bertz CT molecular complexity index is 585. The molecule has 3 rings (SSSR count). The van der Waals surface area contributed by atoms with E-state index in [-0.39, 0.29) is 0 Å². The molecule has 0 spiro atoms. The standard InChI is InChI=1S/C15H17N3/c16-6-5-13-10-17-15-4-3-12(9-14(13)15)11-18-7-1-2-8-18/h3-4,9-10,17H,1-2,5,7-8,11H2. The highest BCUT2D eigenvalue weighted by Crippen LogP contribution is 2.22. The van der Waals surface area contributed by atoms with E-state index in [1.807, 2.05) is 6.20 Å². The third-order valence-corrected chi connectivity index (χ3v) is 3.71. The smallest absolute Gasteiger partial charge is 0.0670 e. The van der Waals surface area contributed by atoms with E-state index in [0.29, 0.717) is 6.42 Å². The minimum absolute atomic E-state index is 0.479. The molecular formula is C15H17N3. The van der Waals surface area contributed by atoms with Gasteiger partial charge < -0.3 is 4.98 Å². The van der Waals surface area contributed by atoms with Gasteiger partial charge in [0.1, 0.15) is 0 Å². The monoisotopic (exact) mass is 239 g/mol. The second kappa shape index (κ2) is 4.83. The number of aromatic nitrogens is 1. The Morgan fingerprint density at radius 1 is 1.28 bits per heavy atom. The second-order valence-electron chi connectivity index (χ2n) is 5.01. The van der Waals surface area contributed by atoms with E-state index in [4.69, 9.17) is 5.26 Å². The third kappa shape index (κ3) is 2.12. The van der Waals surface area contributed by atoms with E-state index in [1.165, 1.54) is 36.9 Å². The van der Waals surface area contributed by atoms with Gasteiger partial charge in [-0.05, 0) is 49.2 Å². The van der Waals surface area contributed by atoms with Gasteiger partial charge in [-0.25, -0.2) is 0 Å². The summed E-state index contributed by atoms with van der Waals surface area (Å²) in [6.07, 6.45) is 5.08. The van der Waals surface area contributed by atoms with Gasteiger partial charge in [-0.2, -0.15) is 5.26 Å². The Kier molecular flexibility index (Phi) is 3.04. The van der Waals surface area contributed by atoms with Crippen molar-refractivity contribution in [3.63, 3.8) is 0 Å². The van der Waals surface area contributed by atoms with Gasteiger partial charge in [0.05, 0.1) is 12.5 Å². The zero-order valence-corrected chi connectivity index (χ0v) is 10.4. The largest absolute Gasteiger partial charge is 0.361 e. The van der Waals surface area contributed by atoms with Crippen LogP contribution in [0.25, 0.3) is 10.9 Å². The molecule has 3 heteroatoms. The molecular weight excluding hydrogens is 222 g/mol. The lowest BCUT2D eigenvalue weighted by atomic mass is 10.1. The van der Waals surface area contributed by atoms with Gasteiger partial charge >= 0.3 is 0 Å². The Morgan fingerprint density at radius 2 is 2.11 bits per heavy atom. The van der Waals surface area contributed by atoms with Crippen LogP contribution in [0.3, 0.4) is 0 Å². The zero-order chi connectivity index (χ0) is 12.4. The summed E-state index contributed by atoms with van der Waals surface area (Å²) in [6.45, 7) is 3.47. The van der Waals surface area contributed by atoms with Crippen LogP contribution in [0.15, 0.2) is 24.4 Å². The molecule has 0 amide bonds. The van der Waals surface area contributed by atoms with Gasteiger partial charge in [0.25, 0.3) is 0 Å². The van der Waals surface area contributed by atoms with E-state index in [2.05, 4.69) is 34.2 Å². The van der Waals surface area contributed by atoms with Crippen molar-refractivity contribution >= 4 is 10.9 Å². The number of nitriles is 1. The summed E-state index contributed by atoms with van der Waals surface area (Å²) in [5.41, 5.74) is 3.59. The normalized spacial score (nSPS) is 16.2. The highest BCUT2D eigenvalue weighted by molar-refractivity contribution is 5.84. The molecule has 0 bridgehead atoms. The number of likely N-dealkylation sites (tertiary alicyclic amines) is 1. The number of benzene rings is 1. The summed E-state index contributed by atoms with van der Waals surface area (Å²) in [5, 5.41) is 10.0. The summed E-state index contributed by atoms with van der Waals surface area (Å²) in [4.78, 5) is 5.73. The highest BCUT2D eigenvalue weighted by atomic mass is 15.1. The Morgan fingerprint density at radius 3 is 2.89 bits per heavy atom. The first-order valence-electron chi connectivity index (χ1n) is 6.55. The Hall–Kier alpha value is -1.79. The van der Waals surface area contributed by atoms with E-state index in [9.17, 15) is 0 Å². The fraction of sp³-hybridized carbons (Fsp3) is 0.400. The maximum Gasteiger partial charge on any atom is 0.0670 e. The second-order valence-corrected chi connectivity index (χ2v) is 5.01. The molecule has 0 unspecified atom stereocenters. The lowest BCUT2D eigenvalue weighted by molar-refractivity contribution is 0.331. The minimum Gasteiger partial charge on any atom is -0.361 e. The predicted molar refractivity (Wildman–Crippen MR) is 72.1 cm³/mol. The van der Waals surface area contributed by atoms with Gasteiger partial charge in [0, 0.05) is 23.6 Å². The van der Waals surface area contributed by atoms with Crippen LogP contribution in [0.2, 0.25) is 0 Å². The number of nitrogens with zero attached hydrogens (tertiary/aromatic N) is 2. The van der Waals surface area contributed by atoms with Crippen LogP contribution >= 0.6 is 0 Å². The maximum absolute atomic E-state index is 8.82. The molecule has 1 saturated heterocycles. The fourth-order valence-electron chi connectivity index (χ4n) is 2.75. The lowest BCUT2D eigenvalue weighted by Gasteiger charge is -2.14. The van der Waals surface area contributed by atoms with Gasteiger partial charge in [-0.15, -0.1) is 0 Å². The number of nitrogens with one attached hydrogen (secondary N) is 1. The van der Waals surface area contributed by atoms with Crippen molar-refractivity contribution in [2.75, 3.05) is 13.1 Å².